The Hall–Kier alpha value is -0.700. The molecule has 0 aromatic carbocycles. The van der Waals surface area contributed by atoms with Gasteiger partial charge in [-0.3, -0.25) is 4.79 Å². The van der Waals surface area contributed by atoms with Crippen LogP contribution in [0.2, 0.25) is 0 Å². The van der Waals surface area contributed by atoms with E-state index >= 15 is 0 Å². The summed E-state index contributed by atoms with van der Waals surface area (Å²) in [5, 5.41) is 8.54. The quantitative estimate of drug-likeness (QED) is 0.570. The van der Waals surface area contributed by atoms with Crippen molar-refractivity contribution < 1.29 is 23.1 Å². The minimum atomic E-state index is -3.60. The number of carbonyl (C=O) groups is 1. The van der Waals surface area contributed by atoms with Gasteiger partial charge in [0.25, 0.3) is 10.2 Å². The van der Waals surface area contributed by atoms with Gasteiger partial charge in [0, 0.05) is 33.3 Å². The van der Waals surface area contributed by atoms with Gasteiger partial charge in [0.05, 0.1) is 13.0 Å². The molecule has 8 heteroatoms. The van der Waals surface area contributed by atoms with E-state index in [1.807, 2.05) is 6.92 Å². The number of carboxylic acid groups (broad SMARTS) is 1. The van der Waals surface area contributed by atoms with E-state index in [9.17, 15) is 13.2 Å². The van der Waals surface area contributed by atoms with E-state index in [0.717, 1.165) is 4.31 Å². The third kappa shape index (κ3) is 5.76. The summed E-state index contributed by atoms with van der Waals surface area (Å²) in [6.07, 6.45) is -0.210. The zero-order chi connectivity index (χ0) is 14.2. The molecule has 0 spiro atoms. The molecule has 0 aromatic rings. The number of nitrogens with zero attached hydrogens (tertiary/aromatic N) is 2. The number of aliphatic carboxylic acids is 1. The lowest BCUT2D eigenvalue weighted by molar-refractivity contribution is -0.137. The SMILES string of the molecule is CCOCCN(CC)S(=O)(=O)N(C)CCC(=O)O. The number of carboxylic acids is 1. The predicted octanol–water partition coefficient (Wildman–Crippen LogP) is -0.00390. The molecule has 18 heavy (non-hydrogen) atoms. The van der Waals surface area contributed by atoms with Crippen LogP contribution in [0.15, 0.2) is 0 Å². The predicted molar refractivity (Wildman–Crippen MR) is 67.5 cm³/mol. The molecule has 0 aliphatic carbocycles. The fraction of sp³-hybridized carbons (Fsp3) is 0.900. The third-order valence-electron chi connectivity index (χ3n) is 2.40. The van der Waals surface area contributed by atoms with E-state index in [1.54, 1.807) is 6.92 Å². The van der Waals surface area contributed by atoms with Crippen LogP contribution in [0.25, 0.3) is 0 Å². The lowest BCUT2D eigenvalue weighted by Gasteiger charge is -2.26. The van der Waals surface area contributed by atoms with Gasteiger partial charge in [0.15, 0.2) is 0 Å². The van der Waals surface area contributed by atoms with E-state index in [2.05, 4.69) is 0 Å². The second kappa shape index (κ2) is 8.41. The molecule has 0 bridgehead atoms. The Morgan fingerprint density at radius 2 is 1.89 bits per heavy atom. The van der Waals surface area contributed by atoms with Crippen LogP contribution < -0.4 is 0 Å². The van der Waals surface area contributed by atoms with E-state index in [4.69, 9.17) is 9.84 Å². The first kappa shape index (κ1) is 17.3. The fourth-order valence-corrected chi connectivity index (χ4v) is 2.66. The minimum Gasteiger partial charge on any atom is -0.481 e. The van der Waals surface area contributed by atoms with Gasteiger partial charge >= 0.3 is 5.97 Å². The van der Waals surface area contributed by atoms with Crippen molar-refractivity contribution in [2.75, 3.05) is 39.9 Å². The molecule has 0 rings (SSSR count). The third-order valence-corrected chi connectivity index (χ3v) is 4.47. The topological polar surface area (TPSA) is 87.2 Å². The van der Waals surface area contributed by atoms with Gasteiger partial charge in [-0.05, 0) is 6.92 Å². The van der Waals surface area contributed by atoms with Crippen LogP contribution >= 0.6 is 0 Å². The Balaban J connectivity index is 4.49. The number of rotatable bonds is 10. The van der Waals surface area contributed by atoms with Gasteiger partial charge in [-0.2, -0.15) is 17.0 Å². The van der Waals surface area contributed by atoms with E-state index < -0.39 is 16.2 Å². The van der Waals surface area contributed by atoms with Crippen molar-refractivity contribution in [1.29, 1.82) is 0 Å². The number of hydrogen-bond donors (Lipinski definition) is 1. The van der Waals surface area contributed by atoms with Crippen LogP contribution in [0.3, 0.4) is 0 Å². The average molecular weight is 282 g/mol. The number of ether oxygens (including phenoxy) is 1. The summed E-state index contributed by atoms with van der Waals surface area (Å²) >= 11 is 0. The summed E-state index contributed by atoms with van der Waals surface area (Å²) in [4.78, 5) is 10.4. The lowest BCUT2D eigenvalue weighted by Crippen LogP contribution is -2.43. The van der Waals surface area contributed by atoms with Crippen molar-refractivity contribution in [1.82, 2.24) is 8.61 Å². The number of likely N-dealkylation sites (N-methyl/N-ethyl adjacent to an activating group) is 1. The maximum atomic E-state index is 12.1. The minimum absolute atomic E-state index is 0.0389. The van der Waals surface area contributed by atoms with Crippen LogP contribution in [0.1, 0.15) is 20.3 Å². The van der Waals surface area contributed by atoms with Crippen LogP contribution in [0.4, 0.5) is 0 Å². The van der Waals surface area contributed by atoms with Gasteiger partial charge in [0.1, 0.15) is 0 Å². The molecule has 0 amide bonds. The zero-order valence-corrected chi connectivity index (χ0v) is 11.9. The molecular weight excluding hydrogens is 260 g/mol. The lowest BCUT2D eigenvalue weighted by atomic mass is 10.4. The first-order valence-electron chi connectivity index (χ1n) is 5.87. The Morgan fingerprint density at radius 1 is 1.28 bits per heavy atom. The first-order chi connectivity index (χ1) is 8.36. The molecule has 0 unspecified atom stereocenters. The monoisotopic (exact) mass is 282 g/mol. The van der Waals surface area contributed by atoms with Gasteiger partial charge in [-0.25, -0.2) is 0 Å². The van der Waals surface area contributed by atoms with E-state index in [1.165, 1.54) is 11.4 Å². The van der Waals surface area contributed by atoms with Gasteiger partial charge in [-0.1, -0.05) is 6.92 Å². The summed E-state index contributed by atoms with van der Waals surface area (Å²) in [7, 11) is -2.23. The molecule has 0 heterocycles. The molecule has 0 aromatic heterocycles. The maximum Gasteiger partial charge on any atom is 0.304 e. The molecular formula is C10H22N2O5S. The largest absolute Gasteiger partial charge is 0.481 e. The second-order valence-electron chi connectivity index (χ2n) is 3.66. The van der Waals surface area contributed by atoms with Crippen LogP contribution in [-0.2, 0) is 19.7 Å². The normalized spacial score (nSPS) is 12.3. The smallest absolute Gasteiger partial charge is 0.304 e. The van der Waals surface area contributed by atoms with Gasteiger partial charge in [0.2, 0.25) is 0 Å². The molecule has 0 aliphatic rings. The zero-order valence-electron chi connectivity index (χ0n) is 11.1. The van der Waals surface area contributed by atoms with E-state index in [0.29, 0.717) is 19.8 Å². The van der Waals surface area contributed by atoms with Crippen molar-refractivity contribution in [2.45, 2.75) is 20.3 Å². The molecule has 0 radical (unpaired) electrons. The summed E-state index contributed by atoms with van der Waals surface area (Å²) in [6, 6.07) is 0. The van der Waals surface area contributed by atoms with Crippen LogP contribution in [0.5, 0.6) is 0 Å². The highest BCUT2D eigenvalue weighted by molar-refractivity contribution is 7.86. The summed E-state index contributed by atoms with van der Waals surface area (Å²) in [6.45, 7) is 4.99. The summed E-state index contributed by atoms with van der Waals surface area (Å²) < 4.78 is 31.6. The molecule has 108 valence electrons. The Kier molecular flexibility index (Phi) is 8.08. The average Bonchev–Trinajstić information content (AvgIpc) is 2.31. The first-order valence-corrected chi connectivity index (χ1v) is 7.26. The molecule has 0 atom stereocenters. The maximum absolute atomic E-state index is 12.1. The summed E-state index contributed by atoms with van der Waals surface area (Å²) in [5.41, 5.74) is 0. The van der Waals surface area contributed by atoms with Crippen molar-refractivity contribution in [3.8, 4) is 0 Å². The highest BCUT2D eigenvalue weighted by Gasteiger charge is 2.25. The molecule has 0 saturated carbocycles. The molecule has 0 aliphatic heterocycles. The van der Waals surface area contributed by atoms with Crippen molar-refractivity contribution in [3.05, 3.63) is 0 Å². The second-order valence-corrected chi connectivity index (χ2v) is 5.70. The van der Waals surface area contributed by atoms with Crippen LogP contribution in [0, 0.1) is 0 Å². The van der Waals surface area contributed by atoms with Gasteiger partial charge in [-0.15, -0.1) is 0 Å². The standard InChI is InChI=1S/C10H22N2O5S/c1-4-12(8-9-17-5-2)18(15,16)11(3)7-6-10(13)14/h4-9H2,1-3H3,(H,13,14). The van der Waals surface area contributed by atoms with Crippen LogP contribution in [-0.4, -0.2) is 68.0 Å². The fourth-order valence-electron chi connectivity index (χ4n) is 1.31. The van der Waals surface area contributed by atoms with E-state index in [-0.39, 0.29) is 19.5 Å². The summed E-state index contributed by atoms with van der Waals surface area (Å²) in [5.74, 6) is -1.02. The molecule has 0 saturated heterocycles. The van der Waals surface area contributed by atoms with Crippen molar-refractivity contribution in [3.63, 3.8) is 0 Å². The van der Waals surface area contributed by atoms with Crippen molar-refractivity contribution in [2.24, 2.45) is 0 Å². The Morgan fingerprint density at radius 3 is 2.33 bits per heavy atom. The van der Waals surface area contributed by atoms with Crippen molar-refractivity contribution >= 4 is 16.2 Å². The molecule has 1 N–H and O–H groups in total. The number of hydrogen-bond acceptors (Lipinski definition) is 4. The van der Waals surface area contributed by atoms with Gasteiger partial charge < -0.3 is 9.84 Å². The highest BCUT2D eigenvalue weighted by Crippen LogP contribution is 2.06. The molecule has 7 nitrogen and oxygen atoms in total. The Bertz CT molecular complexity index is 344. The molecule has 0 fully saturated rings. The Labute approximate surface area is 109 Å². The highest BCUT2D eigenvalue weighted by atomic mass is 32.2.